The van der Waals surface area contributed by atoms with Gasteiger partial charge in [-0.2, -0.15) is 5.10 Å². The molecule has 1 aromatic carbocycles. The van der Waals surface area contributed by atoms with Crippen LogP contribution in [0.2, 0.25) is 0 Å². The number of rotatable bonds is 3. The summed E-state index contributed by atoms with van der Waals surface area (Å²) in [6.45, 7) is 2.10. The average molecular weight is 340 g/mol. The molecular weight excluding hydrogens is 319 g/mol. The van der Waals surface area contributed by atoms with Crippen LogP contribution in [0.4, 0.5) is 10.1 Å². The van der Waals surface area contributed by atoms with Gasteiger partial charge in [-0.1, -0.05) is 30.3 Å². The summed E-state index contributed by atoms with van der Waals surface area (Å²) in [5.41, 5.74) is 1.82. The molecule has 0 amide bonds. The lowest BCUT2D eigenvalue weighted by Crippen LogP contribution is -2.36. The van der Waals surface area contributed by atoms with Gasteiger partial charge in [0.15, 0.2) is 11.3 Å². The standard InChI is InChI=1S/C19H21FN4O/c1-13-17-16(8-9-21-18(17)23(2)22-13)24-10-15(19(20,11-24)12-25)14-6-4-3-5-7-14/h3-9,15,25H,10-12H2,1-2H3. The summed E-state index contributed by atoms with van der Waals surface area (Å²) in [5, 5.41) is 15.1. The molecule has 0 radical (unpaired) electrons. The maximum atomic E-state index is 15.5. The van der Waals surface area contributed by atoms with Gasteiger partial charge in [-0.05, 0) is 18.6 Å². The van der Waals surface area contributed by atoms with Crippen LogP contribution in [0.3, 0.4) is 0 Å². The zero-order valence-electron chi connectivity index (χ0n) is 14.4. The molecule has 1 aliphatic heterocycles. The third kappa shape index (κ3) is 2.48. The Bertz CT molecular complexity index is 910. The van der Waals surface area contributed by atoms with Crippen LogP contribution < -0.4 is 4.90 Å². The molecule has 0 saturated carbocycles. The van der Waals surface area contributed by atoms with E-state index in [2.05, 4.69) is 10.1 Å². The molecular formula is C19H21FN4O. The first-order valence-corrected chi connectivity index (χ1v) is 8.41. The van der Waals surface area contributed by atoms with Crippen LogP contribution in [-0.2, 0) is 7.05 Å². The van der Waals surface area contributed by atoms with Crippen molar-refractivity contribution >= 4 is 16.7 Å². The number of aliphatic hydroxyl groups is 1. The minimum Gasteiger partial charge on any atom is -0.393 e. The summed E-state index contributed by atoms with van der Waals surface area (Å²) in [6, 6.07) is 11.5. The van der Waals surface area contributed by atoms with E-state index in [0.29, 0.717) is 6.54 Å². The molecule has 2 atom stereocenters. The van der Waals surface area contributed by atoms with Crippen LogP contribution in [0.5, 0.6) is 0 Å². The maximum absolute atomic E-state index is 15.5. The first kappa shape index (κ1) is 16.0. The summed E-state index contributed by atoms with van der Waals surface area (Å²) in [7, 11) is 1.86. The Hall–Kier alpha value is -2.47. The van der Waals surface area contributed by atoms with Gasteiger partial charge in [0.2, 0.25) is 0 Å². The molecule has 4 rings (SSSR count). The van der Waals surface area contributed by atoms with Crippen molar-refractivity contribution in [3.63, 3.8) is 0 Å². The van der Waals surface area contributed by atoms with Crippen molar-refractivity contribution in [3.8, 4) is 0 Å². The Balaban J connectivity index is 1.78. The lowest BCUT2D eigenvalue weighted by atomic mass is 9.87. The number of aryl methyl sites for hydroxylation is 2. The number of aliphatic hydroxyl groups excluding tert-OH is 1. The minimum absolute atomic E-state index is 0.149. The molecule has 130 valence electrons. The largest absolute Gasteiger partial charge is 0.393 e. The predicted octanol–water partition coefficient (Wildman–Crippen LogP) is 2.58. The second-order valence-corrected chi connectivity index (χ2v) is 6.77. The van der Waals surface area contributed by atoms with E-state index >= 15 is 4.39 Å². The van der Waals surface area contributed by atoms with Crippen molar-refractivity contribution < 1.29 is 9.50 Å². The molecule has 1 N–H and O–H groups in total. The van der Waals surface area contributed by atoms with Gasteiger partial charge < -0.3 is 10.0 Å². The Labute approximate surface area is 145 Å². The first-order valence-electron chi connectivity index (χ1n) is 8.41. The fourth-order valence-corrected chi connectivity index (χ4v) is 3.93. The van der Waals surface area contributed by atoms with Crippen molar-refractivity contribution in [2.24, 2.45) is 7.05 Å². The monoisotopic (exact) mass is 340 g/mol. The van der Waals surface area contributed by atoms with Gasteiger partial charge in [0.05, 0.1) is 29.9 Å². The van der Waals surface area contributed by atoms with Crippen molar-refractivity contribution in [2.75, 3.05) is 24.6 Å². The topological polar surface area (TPSA) is 54.2 Å². The van der Waals surface area contributed by atoms with Gasteiger partial charge in [-0.25, -0.2) is 9.37 Å². The number of fused-ring (bicyclic) bond motifs is 1. The van der Waals surface area contributed by atoms with Gasteiger partial charge in [0.25, 0.3) is 0 Å². The van der Waals surface area contributed by atoms with Gasteiger partial charge in [-0.3, -0.25) is 4.68 Å². The summed E-state index contributed by atoms with van der Waals surface area (Å²) >= 11 is 0. The zero-order chi connectivity index (χ0) is 17.6. The SMILES string of the molecule is Cc1nn(C)c2nccc(N3CC(c4ccccc4)C(F)(CO)C3)c12. The lowest BCUT2D eigenvalue weighted by Gasteiger charge is -2.24. The number of alkyl halides is 1. The number of nitrogens with zero attached hydrogens (tertiary/aromatic N) is 4. The molecule has 0 bridgehead atoms. The van der Waals surface area contributed by atoms with Gasteiger partial charge in [0.1, 0.15) is 0 Å². The Kier molecular flexibility index (Phi) is 3.72. The molecule has 0 aliphatic carbocycles. The molecule has 5 nitrogen and oxygen atoms in total. The summed E-state index contributed by atoms with van der Waals surface area (Å²) < 4.78 is 17.2. The number of hydrogen-bond acceptors (Lipinski definition) is 4. The zero-order valence-corrected chi connectivity index (χ0v) is 14.4. The average Bonchev–Trinajstić information content (AvgIpc) is 3.14. The van der Waals surface area contributed by atoms with Crippen molar-refractivity contribution in [2.45, 2.75) is 18.5 Å². The van der Waals surface area contributed by atoms with Crippen molar-refractivity contribution in [3.05, 3.63) is 53.9 Å². The van der Waals surface area contributed by atoms with E-state index < -0.39 is 12.3 Å². The van der Waals surface area contributed by atoms with Gasteiger partial charge in [-0.15, -0.1) is 0 Å². The van der Waals surface area contributed by atoms with Crippen LogP contribution in [0.15, 0.2) is 42.6 Å². The second-order valence-electron chi connectivity index (χ2n) is 6.77. The molecule has 1 aliphatic rings. The molecule has 1 fully saturated rings. The smallest absolute Gasteiger partial charge is 0.159 e. The number of pyridine rings is 1. The maximum Gasteiger partial charge on any atom is 0.159 e. The van der Waals surface area contributed by atoms with E-state index in [1.807, 2.05) is 55.3 Å². The van der Waals surface area contributed by atoms with E-state index in [1.165, 1.54) is 0 Å². The Morgan fingerprint density at radius 3 is 2.76 bits per heavy atom. The third-order valence-corrected chi connectivity index (χ3v) is 5.16. The van der Waals surface area contributed by atoms with E-state index in [9.17, 15) is 5.11 Å². The summed E-state index contributed by atoms with van der Waals surface area (Å²) in [4.78, 5) is 6.40. The fourth-order valence-electron chi connectivity index (χ4n) is 3.93. The normalized spacial score (nSPS) is 23.5. The van der Waals surface area contributed by atoms with Gasteiger partial charge >= 0.3 is 0 Å². The number of halogens is 1. The van der Waals surface area contributed by atoms with Gasteiger partial charge in [0, 0.05) is 25.7 Å². The second kappa shape index (κ2) is 5.81. The Morgan fingerprint density at radius 2 is 2.04 bits per heavy atom. The molecule has 2 aromatic heterocycles. The molecule has 3 aromatic rings. The van der Waals surface area contributed by atoms with E-state index in [0.717, 1.165) is 28.0 Å². The first-order chi connectivity index (χ1) is 12.0. The fraction of sp³-hybridized carbons (Fsp3) is 0.368. The number of anilines is 1. The minimum atomic E-state index is -1.67. The lowest BCUT2D eigenvalue weighted by molar-refractivity contribution is 0.0752. The Morgan fingerprint density at radius 1 is 1.28 bits per heavy atom. The predicted molar refractivity (Wildman–Crippen MR) is 95.6 cm³/mol. The molecule has 1 saturated heterocycles. The van der Waals surface area contributed by atoms with Crippen LogP contribution >= 0.6 is 0 Å². The molecule has 25 heavy (non-hydrogen) atoms. The van der Waals surface area contributed by atoms with Crippen molar-refractivity contribution in [1.82, 2.24) is 14.8 Å². The number of aromatic nitrogens is 3. The molecule has 0 spiro atoms. The highest BCUT2D eigenvalue weighted by Gasteiger charge is 2.48. The van der Waals surface area contributed by atoms with Crippen molar-refractivity contribution in [1.29, 1.82) is 0 Å². The summed E-state index contributed by atoms with van der Waals surface area (Å²) in [5.74, 6) is -0.376. The van der Waals surface area contributed by atoms with Crippen LogP contribution in [-0.4, -0.2) is 45.2 Å². The summed E-state index contributed by atoms with van der Waals surface area (Å²) in [6.07, 6.45) is 1.73. The number of benzene rings is 1. The molecule has 3 heterocycles. The highest BCUT2D eigenvalue weighted by molar-refractivity contribution is 5.92. The van der Waals surface area contributed by atoms with E-state index in [1.54, 1.807) is 10.9 Å². The molecule has 6 heteroatoms. The highest BCUT2D eigenvalue weighted by Crippen LogP contribution is 2.42. The quantitative estimate of drug-likeness (QED) is 0.796. The van der Waals surface area contributed by atoms with Crippen LogP contribution in [0.25, 0.3) is 11.0 Å². The molecule has 2 unspecified atom stereocenters. The third-order valence-electron chi connectivity index (χ3n) is 5.16. The van der Waals surface area contributed by atoms with E-state index in [4.69, 9.17) is 0 Å². The van der Waals surface area contributed by atoms with E-state index in [-0.39, 0.29) is 12.5 Å². The highest BCUT2D eigenvalue weighted by atomic mass is 19.1. The van der Waals surface area contributed by atoms with Crippen LogP contribution in [0, 0.1) is 6.92 Å². The van der Waals surface area contributed by atoms with Crippen LogP contribution in [0.1, 0.15) is 17.2 Å². The number of hydrogen-bond donors (Lipinski definition) is 1.